The summed E-state index contributed by atoms with van der Waals surface area (Å²) in [4.78, 5) is 0. The van der Waals surface area contributed by atoms with Crippen LogP contribution in [0.15, 0.2) is 18.2 Å². The van der Waals surface area contributed by atoms with Crippen molar-refractivity contribution in [3.63, 3.8) is 0 Å². The third-order valence-corrected chi connectivity index (χ3v) is 2.23. The van der Waals surface area contributed by atoms with Crippen molar-refractivity contribution in [2.45, 2.75) is 26.4 Å². The van der Waals surface area contributed by atoms with Crippen molar-refractivity contribution in [3.8, 4) is 0 Å². The van der Waals surface area contributed by atoms with Gasteiger partial charge in [0.05, 0.1) is 6.10 Å². The van der Waals surface area contributed by atoms with E-state index in [1.54, 1.807) is 0 Å². The Bertz CT molecular complexity index is 283. The Morgan fingerprint density at radius 1 is 1.38 bits per heavy atom. The number of aryl methyl sites for hydroxylation is 2. The van der Waals surface area contributed by atoms with Crippen molar-refractivity contribution in [2.75, 3.05) is 6.54 Å². The highest BCUT2D eigenvalue weighted by atomic mass is 16.3. The van der Waals surface area contributed by atoms with Gasteiger partial charge in [-0.05, 0) is 31.4 Å². The van der Waals surface area contributed by atoms with Gasteiger partial charge in [0, 0.05) is 6.54 Å². The highest BCUT2D eigenvalue weighted by molar-refractivity contribution is 5.30. The predicted octanol–water partition coefficient (Wildman–Crippen LogP) is 1.17. The van der Waals surface area contributed by atoms with Gasteiger partial charge in [-0.3, -0.25) is 0 Å². The Hall–Kier alpha value is -0.860. The fourth-order valence-corrected chi connectivity index (χ4v) is 1.36. The highest BCUT2D eigenvalue weighted by Gasteiger charge is 2.05. The molecule has 0 aromatic heterocycles. The number of hydrogen-bond donors (Lipinski definition) is 2. The molecule has 3 N–H and O–H groups in total. The zero-order valence-corrected chi connectivity index (χ0v) is 8.25. The summed E-state index contributed by atoms with van der Waals surface area (Å²) in [6, 6.07) is 6.26. The smallest absolute Gasteiger partial charge is 0.0702 e. The lowest BCUT2D eigenvalue weighted by Gasteiger charge is -2.10. The van der Waals surface area contributed by atoms with Gasteiger partial charge in [0.25, 0.3) is 0 Å². The fraction of sp³-hybridized carbons (Fsp3) is 0.455. The monoisotopic (exact) mass is 179 g/mol. The maximum Gasteiger partial charge on any atom is 0.0702 e. The minimum Gasteiger partial charge on any atom is -0.391 e. The van der Waals surface area contributed by atoms with Crippen LogP contribution in [0.2, 0.25) is 0 Å². The van der Waals surface area contributed by atoms with Crippen LogP contribution in [-0.2, 0) is 6.42 Å². The molecule has 0 radical (unpaired) electrons. The Morgan fingerprint density at radius 3 is 2.69 bits per heavy atom. The molecule has 0 aliphatic carbocycles. The molecule has 0 fully saturated rings. The van der Waals surface area contributed by atoms with Crippen LogP contribution in [-0.4, -0.2) is 17.8 Å². The summed E-state index contributed by atoms with van der Waals surface area (Å²) >= 11 is 0. The predicted molar refractivity (Wildman–Crippen MR) is 54.7 cm³/mol. The molecule has 1 atom stereocenters. The summed E-state index contributed by atoms with van der Waals surface area (Å²) < 4.78 is 0. The Labute approximate surface area is 79.4 Å². The van der Waals surface area contributed by atoms with Crippen LogP contribution >= 0.6 is 0 Å². The summed E-state index contributed by atoms with van der Waals surface area (Å²) in [5.74, 6) is 0. The molecule has 72 valence electrons. The average Bonchev–Trinajstić information content (AvgIpc) is 2.11. The summed E-state index contributed by atoms with van der Waals surface area (Å²) in [6.07, 6.45) is 0.241. The van der Waals surface area contributed by atoms with Crippen LogP contribution in [0, 0.1) is 13.8 Å². The molecule has 1 aromatic carbocycles. The third kappa shape index (κ3) is 2.83. The summed E-state index contributed by atoms with van der Waals surface area (Å²) in [6.45, 7) is 4.43. The fourth-order valence-electron chi connectivity index (χ4n) is 1.36. The van der Waals surface area contributed by atoms with E-state index in [2.05, 4.69) is 32.0 Å². The largest absolute Gasteiger partial charge is 0.391 e. The van der Waals surface area contributed by atoms with Crippen molar-refractivity contribution in [3.05, 3.63) is 34.9 Å². The zero-order chi connectivity index (χ0) is 9.84. The van der Waals surface area contributed by atoms with Gasteiger partial charge in [0.15, 0.2) is 0 Å². The van der Waals surface area contributed by atoms with Crippen molar-refractivity contribution in [2.24, 2.45) is 5.73 Å². The van der Waals surface area contributed by atoms with Gasteiger partial charge in [-0.1, -0.05) is 23.8 Å². The molecular formula is C11H17NO. The van der Waals surface area contributed by atoms with Crippen LogP contribution in [0.5, 0.6) is 0 Å². The number of nitrogens with two attached hydrogens (primary N) is 1. The van der Waals surface area contributed by atoms with Gasteiger partial charge in [-0.2, -0.15) is 0 Å². The molecule has 0 amide bonds. The average molecular weight is 179 g/mol. The Morgan fingerprint density at radius 2 is 2.08 bits per heavy atom. The van der Waals surface area contributed by atoms with Gasteiger partial charge < -0.3 is 10.8 Å². The first-order valence-corrected chi connectivity index (χ1v) is 4.57. The first kappa shape index (κ1) is 10.2. The molecule has 13 heavy (non-hydrogen) atoms. The first-order valence-electron chi connectivity index (χ1n) is 4.57. The van der Waals surface area contributed by atoms with Gasteiger partial charge in [0.1, 0.15) is 0 Å². The van der Waals surface area contributed by atoms with E-state index in [9.17, 15) is 5.11 Å². The topological polar surface area (TPSA) is 46.2 Å². The second-order valence-electron chi connectivity index (χ2n) is 3.52. The van der Waals surface area contributed by atoms with E-state index in [1.807, 2.05) is 0 Å². The van der Waals surface area contributed by atoms with Crippen LogP contribution < -0.4 is 5.73 Å². The molecule has 2 nitrogen and oxygen atoms in total. The molecule has 0 aliphatic heterocycles. The zero-order valence-electron chi connectivity index (χ0n) is 8.25. The molecule has 1 rings (SSSR count). The molecule has 0 spiro atoms. The molecule has 0 saturated heterocycles. The van der Waals surface area contributed by atoms with E-state index in [1.165, 1.54) is 16.7 Å². The standard InChI is InChI=1S/C11H17NO/c1-8-3-4-9(2)10(5-8)6-11(13)7-12/h3-5,11,13H,6-7,12H2,1-2H3. The van der Waals surface area contributed by atoms with Gasteiger partial charge in [-0.15, -0.1) is 0 Å². The second kappa shape index (κ2) is 4.40. The van der Waals surface area contributed by atoms with E-state index < -0.39 is 6.10 Å². The van der Waals surface area contributed by atoms with E-state index in [-0.39, 0.29) is 0 Å². The van der Waals surface area contributed by atoms with Crippen LogP contribution in [0.3, 0.4) is 0 Å². The molecule has 0 aliphatic rings. The van der Waals surface area contributed by atoms with Gasteiger partial charge in [-0.25, -0.2) is 0 Å². The molecule has 0 heterocycles. The lowest BCUT2D eigenvalue weighted by Crippen LogP contribution is -2.22. The summed E-state index contributed by atoms with van der Waals surface area (Å²) in [5.41, 5.74) is 9.00. The van der Waals surface area contributed by atoms with E-state index in [0.29, 0.717) is 13.0 Å². The number of aliphatic hydroxyl groups excluding tert-OH is 1. The van der Waals surface area contributed by atoms with E-state index in [0.717, 1.165) is 0 Å². The molecule has 1 aromatic rings. The molecule has 2 heteroatoms. The first-order chi connectivity index (χ1) is 6.13. The molecule has 0 bridgehead atoms. The van der Waals surface area contributed by atoms with Gasteiger partial charge >= 0.3 is 0 Å². The maximum absolute atomic E-state index is 9.40. The second-order valence-corrected chi connectivity index (χ2v) is 3.52. The summed E-state index contributed by atoms with van der Waals surface area (Å²) in [7, 11) is 0. The van der Waals surface area contributed by atoms with Crippen molar-refractivity contribution in [1.82, 2.24) is 0 Å². The normalized spacial score (nSPS) is 12.9. The SMILES string of the molecule is Cc1ccc(C)c(CC(O)CN)c1. The Balaban J connectivity index is 2.81. The van der Waals surface area contributed by atoms with Crippen molar-refractivity contribution in [1.29, 1.82) is 0 Å². The maximum atomic E-state index is 9.40. The minimum absolute atomic E-state index is 0.327. The number of aliphatic hydroxyl groups is 1. The lowest BCUT2D eigenvalue weighted by molar-refractivity contribution is 0.183. The third-order valence-electron chi connectivity index (χ3n) is 2.23. The molecule has 0 saturated carbocycles. The highest BCUT2D eigenvalue weighted by Crippen LogP contribution is 2.12. The lowest BCUT2D eigenvalue weighted by atomic mass is 10.0. The van der Waals surface area contributed by atoms with Crippen LogP contribution in [0.25, 0.3) is 0 Å². The van der Waals surface area contributed by atoms with Crippen LogP contribution in [0.1, 0.15) is 16.7 Å². The van der Waals surface area contributed by atoms with E-state index >= 15 is 0 Å². The quantitative estimate of drug-likeness (QED) is 0.731. The minimum atomic E-state index is -0.416. The van der Waals surface area contributed by atoms with Crippen LogP contribution in [0.4, 0.5) is 0 Å². The summed E-state index contributed by atoms with van der Waals surface area (Å²) in [5, 5.41) is 9.40. The number of rotatable bonds is 3. The molecular weight excluding hydrogens is 162 g/mol. The number of benzene rings is 1. The van der Waals surface area contributed by atoms with E-state index in [4.69, 9.17) is 5.73 Å². The Kier molecular flexibility index (Phi) is 3.46. The van der Waals surface area contributed by atoms with Crippen molar-refractivity contribution < 1.29 is 5.11 Å². The van der Waals surface area contributed by atoms with Gasteiger partial charge in [0.2, 0.25) is 0 Å². The molecule has 1 unspecified atom stereocenters. The number of hydrogen-bond acceptors (Lipinski definition) is 2. The van der Waals surface area contributed by atoms with Crippen molar-refractivity contribution >= 4 is 0 Å².